The topological polar surface area (TPSA) is 61.4 Å². The minimum absolute atomic E-state index is 0.0645. The van der Waals surface area contributed by atoms with Gasteiger partial charge < -0.3 is 15.5 Å². The number of likely N-dealkylation sites (tertiary alicyclic amines) is 1. The Labute approximate surface area is 115 Å². The molecule has 0 aromatic rings. The lowest BCUT2D eigenvalue weighted by Crippen LogP contribution is -2.44. The van der Waals surface area contributed by atoms with Crippen molar-refractivity contribution in [2.24, 2.45) is 0 Å². The molecule has 1 fully saturated rings. The van der Waals surface area contributed by atoms with Gasteiger partial charge in [0.2, 0.25) is 11.8 Å². The van der Waals surface area contributed by atoms with Crippen molar-refractivity contribution < 1.29 is 9.59 Å². The fraction of sp³-hybridized carbons (Fsp3) is 0.714. The lowest BCUT2D eigenvalue weighted by Gasteiger charge is -2.27. The molecular weight excluding hydrogens is 242 g/mol. The standard InChI is InChI=1S/C14H25N3O2/c1-3-8-16-14(19)12(2)15-9-7-13(18)17-10-5-4-6-11-17/h3,12,15H,1,4-11H2,2H3,(H,16,19). The molecule has 0 aromatic heterocycles. The Morgan fingerprint density at radius 3 is 2.63 bits per heavy atom. The largest absolute Gasteiger partial charge is 0.351 e. The first-order valence-electron chi connectivity index (χ1n) is 7.05. The highest BCUT2D eigenvalue weighted by atomic mass is 16.2. The predicted molar refractivity (Wildman–Crippen MR) is 75.7 cm³/mol. The zero-order valence-corrected chi connectivity index (χ0v) is 11.8. The van der Waals surface area contributed by atoms with Gasteiger partial charge in [-0.2, -0.15) is 0 Å². The van der Waals surface area contributed by atoms with E-state index in [-0.39, 0.29) is 17.9 Å². The SMILES string of the molecule is C=CCNC(=O)C(C)NCCC(=O)N1CCCCC1. The van der Waals surface area contributed by atoms with E-state index in [9.17, 15) is 9.59 Å². The van der Waals surface area contributed by atoms with Crippen molar-refractivity contribution in [3.05, 3.63) is 12.7 Å². The van der Waals surface area contributed by atoms with Gasteiger partial charge in [-0.1, -0.05) is 6.08 Å². The normalized spacial score (nSPS) is 16.8. The summed E-state index contributed by atoms with van der Waals surface area (Å²) in [6, 6.07) is -0.283. The Bertz CT molecular complexity index is 312. The molecule has 5 heteroatoms. The van der Waals surface area contributed by atoms with Crippen LogP contribution in [0.5, 0.6) is 0 Å². The molecule has 108 valence electrons. The molecule has 2 N–H and O–H groups in total. The third kappa shape index (κ3) is 5.87. The van der Waals surface area contributed by atoms with E-state index in [2.05, 4.69) is 17.2 Å². The molecule has 0 bridgehead atoms. The first kappa shape index (κ1) is 15.7. The number of piperidine rings is 1. The van der Waals surface area contributed by atoms with Gasteiger partial charge >= 0.3 is 0 Å². The minimum Gasteiger partial charge on any atom is -0.351 e. The Kier molecular flexibility index (Phi) is 7.18. The van der Waals surface area contributed by atoms with Crippen molar-refractivity contribution in [3.63, 3.8) is 0 Å². The minimum atomic E-state index is -0.283. The maximum Gasteiger partial charge on any atom is 0.237 e. The molecule has 1 aliphatic heterocycles. The monoisotopic (exact) mass is 267 g/mol. The van der Waals surface area contributed by atoms with E-state index in [0.717, 1.165) is 25.9 Å². The van der Waals surface area contributed by atoms with E-state index in [1.54, 1.807) is 13.0 Å². The maximum atomic E-state index is 11.9. The van der Waals surface area contributed by atoms with Crippen molar-refractivity contribution in [1.82, 2.24) is 15.5 Å². The zero-order chi connectivity index (χ0) is 14.1. The summed E-state index contributed by atoms with van der Waals surface area (Å²) in [7, 11) is 0. The van der Waals surface area contributed by atoms with Gasteiger partial charge in [0.05, 0.1) is 6.04 Å². The molecule has 1 atom stereocenters. The summed E-state index contributed by atoms with van der Waals surface area (Å²) >= 11 is 0. The zero-order valence-electron chi connectivity index (χ0n) is 11.8. The van der Waals surface area contributed by atoms with Crippen LogP contribution in [0.2, 0.25) is 0 Å². The summed E-state index contributed by atoms with van der Waals surface area (Å²) in [6.07, 6.45) is 5.55. The number of hydrogen-bond acceptors (Lipinski definition) is 3. The average Bonchev–Trinajstić information content (AvgIpc) is 2.45. The first-order chi connectivity index (χ1) is 9.15. The molecule has 0 radical (unpaired) electrons. The van der Waals surface area contributed by atoms with Crippen LogP contribution in [0.15, 0.2) is 12.7 Å². The van der Waals surface area contributed by atoms with Crippen molar-refractivity contribution in [1.29, 1.82) is 0 Å². The van der Waals surface area contributed by atoms with Crippen molar-refractivity contribution in [2.75, 3.05) is 26.2 Å². The predicted octanol–water partition coefficient (Wildman–Crippen LogP) is 0.669. The number of rotatable bonds is 7. The molecule has 19 heavy (non-hydrogen) atoms. The Morgan fingerprint density at radius 1 is 1.32 bits per heavy atom. The van der Waals surface area contributed by atoms with Crippen molar-refractivity contribution >= 4 is 11.8 Å². The summed E-state index contributed by atoms with van der Waals surface area (Å²) in [4.78, 5) is 25.4. The molecule has 5 nitrogen and oxygen atoms in total. The molecule has 1 unspecified atom stereocenters. The molecule has 0 aliphatic carbocycles. The third-order valence-electron chi connectivity index (χ3n) is 3.31. The summed E-state index contributed by atoms with van der Waals surface area (Å²) in [5.41, 5.74) is 0. The van der Waals surface area contributed by atoms with Crippen LogP contribution in [0.25, 0.3) is 0 Å². The van der Waals surface area contributed by atoms with Crippen LogP contribution >= 0.6 is 0 Å². The first-order valence-corrected chi connectivity index (χ1v) is 7.05. The summed E-state index contributed by atoms with van der Waals surface area (Å²) in [6.45, 7) is 8.11. The quantitative estimate of drug-likeness (QED) is 0.667. The molecule has 0 spiro atoms. The van der Waals surface area contributed by atoms with Crippen LogP contribution < -0.4 is 10.6 Å². The van der Waals surface area contributed by atoms with Crippen molar-refractivity contribution in [2.45, 2.75) is 38.6 Å². The highest BCUT2D eigenvalue weighted by molar-refractivity contribution is 5.81. The van der Waals surface area contributed by atoms with Crippen LogP contribution in [0.4, 0.5) is 0 Å². The smallest absolute Gasteiger partial charge is 0.237 e. The van der Waals surface area contributed by atoms with Crippen LogP contribution in [0.1, 0.15) is 32.6 Å². The van der Waals surface area contributed by atoms with Crippen LogP contribution in [0, 0.1) is 0 Å². The van der Waals surface area contributed by atoms with Crippen LogP contribution in [0.3, 0.4) is 0 Å². The third-order valence-corrected chi connectivity index (χ3v) is 3.31. The Morgan fingerprint density at radius 2 is 2.00 bits per heavy atom. The van der Waals surface area contributed by atoms with Gasteiger partial charge in [0, 0.05) is 32.6 Å². The number of hydrogen-bond donors (Lipinski definition) is 2. The highest BCUT2D eigenvalue weighted by Crippen LogP contribution is 2.09. The number of carbonyl (C=O) groups excluding carboxylic acids is 2. The second kappa shape index (κ2) is 8.69. The second-order valence-electron chi connectivity index (χ2n) is 4.90. The van der Waals surface area contributed by atoms with E-state index in [1.165, 1.54) is 6.42 Å². The van der Waals surface area contributed by atoms with Gasteiger partial charge in [-0.3, -0.25) is 9.59 Å². The number of carbonyl (C=O) groups is 2. The summed E-state index contributed by atoms with van der Waals surface area (Å²) < 4.78 is 0. The van der Waals surface area contributed by atoms with Gasteiger partial charge in [-0.25, -0.2) is 0 Å². The van der Waals surface area contributed by atoms with E-state index in [1.807, 2.05) is 4.90 Å². The summed E-state index contributed by atoms with van der Waals surface area (Å²) in [5, 5.41) is 5.79. The van der Waals surface area contributed by atoms with E-state index >= 15 is 0 Å². The van der Waals surface area contributed by atoms with Gasteiger partial charge in [-0.15, -0.1) is 6.58 Å². The maximum absolute atomic E-state index is 11.9. The molecule has 2 amide bonds. The van der Waals surface area contributed by atoms with Gasteiger partial charge in [0.25, 0.3) is 0 Å². The van der Waals surface area contributed by atoms with E-state index in [4.69, 9.17) is 0 Å². The number of amides is 2. The second-order valence-corrected chi connectivity index (χ2v) is 4.90. The van der Waals surface area contributed by atoms with Gasteiger partial charge in [0.1, 0.15) is 0 Å². The highest BCUT2D eigenvalue weighted by Gasteiger charge is 2.17. The molecule has 0 saturated carbocycles. The average molecular weight is 267 g/mol. The van der Waals surface area contributed by atoms with Gasteiger partial charge in [0.15, 0.2) is 0 Å². The Balaban J connectivity index is 2.16. The van der Waals surface area contributed by atoms with Gasteiger partial charge in [-0.05, 0) is 26.2 Å². The molecular formula is C14H25N3O2. The lowest BCUT2D eigenvalue weighted by molar-refractivity contribution is -0.132. The Hall–Kier alpha value is -1.36. The van der Waals surface area contributed by atoms with Crippen LogP contribution in [-0.4, -0.2) is 48.9 Å². The molecule has 0 aromatic carbocycles. The fourth-order valence-electron chi connectivity index (χ4n) is 2.12. The molecule has 1 heterocycles. The van der Waals surface area contributed by atoms with E-state index in [0.29, 0.717) is 19.5 Å². The lowest BCUT2D eigenvalue weighted by atomic mass is 10.1. The van der Waals surface area contributed by atoms with Crippen LogP contribution in [-0.2, 0) is 9.59 Å². The fourth-order valence-corrected chi connectivity index (χ4v) is 2.12. The van der Waals surface area contributed by atoms with E-state index < -0.39 is 0 Å². The van der Waals surface area contributed by atoms with Crippen molar-refractivity contribution in [3.8, 4) is 0 Å². The molecule has 1 saturated heterocycles. The summed E-state index contributed by atoms with van der Waals surface area (Å²) in [5.74, 6) is 0.122. The molecule has 1 aliphatic rings. The number of nitrogens with one attached hydrogen (secondary N) is 2. The molecule has 1 rings (SSSR count). The number of nitrogens with zero attached hydrogens (tertiary/aromatic N) is 1.